The number of halogens is 1. The van der Waals surface area contributed by atoms with E-state index in [4.69, 9.17) is 0 Å². The van der Waals surface area contributed by atoms with Crippen molar-refractivity contribution >= 4 is 25.8 Å². The fourth-order valence-electron chi connectivity index (χ4n) is 3.41. The van der Waals surface area contributed by atoms with Gasteiger partial charge in [-0.3, -0.25) is 5.10 Å². The van der Waals surface area contributed by atoms with Crippen molar-refractivity contribution in [3.05, 3.63) is 35.5 Å². The van der Waals surface area contributed by atoms with Gasteiger partial charge in [0.05, 0.1) is 16.3 Å². The highest BCUT2D eigenvalue weighted by Gasteiger charge is 2.24. The number of benzene rings is 1. The van der Waals surface area contributed by atoms with Crippen molar-refractivity contribution in [2.75, 3.05) is 6.26 Å². The number of sulfone groups is 1. The minimum Gasteiger partial charge on any atom is -0.277 e. The van der Waals surface area contributed by atoms with Gasteiger partial charge in [-0.2, -0.15) is 5.10 Å². The summed E-state index contributed by atoms with van der Waals surface area (Å²) in [6.45, 7) is 0. The van der Waals surface area contributed by atoms with Gasteiger partial charge in [0.1, 0.15) is 0 Å². The van der Waals surface area contributed by atoms with Crippen molar-refractivity contribution in [3.63, 3.8) is 0 Å². The van der Waals surface area contributed by atoms with E-state index in [9.17, 15) is 8.42 Å². The van der Waals surface area contributed by atoms with Crippen LogP contribution in [0.3, 0.4) is 0 Å². The van der Waals surface area contributed by atoms with E-state index in [1.54, 1.807) is 12.1 Å². The van der Waals surface area contributed by atoms with Crippen LogP contribution in [0.4, 0.5) is 0 Å². The molecule has 1 aromatic heterocycles. The first kappa shape index (κ1) is 16.7. The van der Waals surface area contributed by atoms with Crippen LogP contribution in [0.1, 0.15) is 49.3 Å². The van der Waals surface area contributed by atoms with E-state index in [1.165, 1.54) is 43.9 Å². The minimum atomic E-state index is -3.17. The molecule has 0 spiro atoms. The van der Waals surface area contributed by atoms with Crippen LogP contribution in [-0.4, -0.2) is 24.9 Å². The SMILES string of the molecule is CS(=O)(=O)c1ccc(-c2[nH]nc(CBr)c2C2CCCCC2)cc1. The van der Waals surface area contributed by atoms with Gasteiger partial charge in [0.15, 0.2) is 9.84 Å². The first-order valence-corrected chi connectivity index (χ1v) is 11.0. The Bertz CT molecular complexity index is 775. The molecule has 23 heavy (non-hydrogen) atoms. The summed E-state index contributed by atoms with van der Waals surface area (Å²) in [5, 5.41) is 8.37. The number of aromatic nitrogens is 2. The average molecular weight is 397 g/mol. The van der Waals surface area contributed by atoms with Crippen LogP contribution < -0.4 is 0 Å². The molecule has 1 heterocycles. The van der Waals surface area contributed by atoms with Gasteiger partial charge in [-0.25, -0.2) is 8.42 Å². The third-order valence-electron chi connectivity index (χ3n) is 4.59. The molecule has 0 amide bonds. The zero-order chi connectivity index (χ0) is 16.4. The zero-order valence-electron chi connectivity index (χ0n) is 13.2. The molecule has 6 heteroatoms. The Balaban J connectivity index is 2.01. The second-order valence-electron chi connectivity index (χ2n) is 6.22. The molecule has 2 aromatic rings. The predicted octanol–water partition coefficient (Wildman–Crippen LogP) is 4.42. The molecule has 0 aliphatic heterocycles. The van der Waals surface area contributed by atoms with Crippen molar-refractivity contribution in [2.24, 2.45) is 0 Å². The summed E-state index contributed by atoms with van der Waals surface area (Å²) in [7, 11) is -3.17. The second kappa shape index (κ2) is 6.77. The van der Waals surface area contributed by atoms with Crippen LogP contribution in [0, 0.1) is 0 Å². The summed E-state index contributed by atoms with van der Waals surface area (Å²) < 4.78 is 23.2. The first-order valence-electron chi connectivity index (χ1n) is 7.94. The lowest BCUT2D eigenvalue weighted by Gasteiger charge is -2.23. The molecular weight excluding hydrogens is 376 g/mol. The summed E-state index contributed by atoms with van der Waals surface area (Å²) in [5.74, 6) is 0.541. The topological polar surface area (TPSA) is 62.8 Å². The van der Waals surface area contributed by atoms with Crippen LogP contribution in [0.25, 0.3) is 11.3 Å². The molecule has 1 aliphatic carbocycles. The lowest BCUT2D eigenvalue weighted by molar-refractivity contribution is 0.443. The van der Waals surface area contributed by atoms with E-state index in [-0.39, 0.29) is 0 Å². The molecule has 1 aromatic carbocycles. The second-order valence-corrected chi connectivity index (χ2v) is 8.80. The molecule has 4 nitrogen and oxygen atoms in total. The lowest BCUT2D eigenvalue weighted by Crippen LogP contribution is -2.07. The largest absolute Gasteiger partial charge is 0.277 e. The van der Waals surface area contributed by atoms with E-state index in [0.29, 0.717) is 10.8 Å². The van der Waals surface area contributed by atoms with E-state index in [2.05, 4.69) is 26.1 Å². The van der Waals surface area contributed by atoms with E-state index in [0.717, 1.165) is 22.3 Å². The van der Waals surface area contributed by atoms with Gasteiger partial charge in [-0.05, 0) is 36.5 Å². The maximum atomic E-state index is 11.6. The smallest absolute Gasteiger partial charge is 0.175 e. The molecule has 124 valence electrons. The molecule has 0 bridgehead atoms. The van der Waals surface area contributed by atoms with Gasteiger partial charge in [0.2, 0.25) is 0 Å². The normalized spacial score (nSPS) is 16.6. The van der Waals surface area contributed by atoms with Crippen molar-refractivity contribution in [2.45, 2.75) is 48.2 Å². The fraction of sp³-hybridized carbons (Fsp3) is 0.471. The highest BCUT2D eigenvalue weighted by molar-refractivity contribution is 9.08. The molecule has 3 rings (SSSR count). The molecule has 0 atom stereocenters. The van der Waals surface area contributed by atoms with Gasteiger partial charge >= 0.3 is 0 Å². The van der Waals surface area contributed by atoms with Crippen molar-refractivity contribution in [1.82, 2.24) is 10.2 Å². The summed E-state index contributed by atoms with van der Waals surface area (Å²) >= 11 is 3.54. The minimum absolute atomic E-state index is 0.348. The van der Waals surface area contributed by atoms with E-state index in [1.807, 2.05) is 12.1 Å². The monoisotopic (exact) mass is 396 g/mol. The van der Waals surface area contributed by atoms with Crippen LogP contribution in [0.15, 0.2) is 29.2 Å². The third kappa shape index (κ3) is 3.53. The van der Waals surface area contributed by atoms with Gasteiger partial charge < -0.3 is 0 Å². The predicted molar refractivity (Wildman–Crippen MR) is 95.6 cm³/mol. The van der Waals surface area contributed by atoms with Crippen LogP contribution in [0.5, 0.6) is 0 Å². The highest BCUT2D eigenvalue weighted by atomic mass is 79.9. The van der Waals surface area contributed by atoms with Crippen molar-refractivity contribution < 1.29 is 8.42 Å². The lowest BCUT2D eigenvalue weighted by atomic mass is 9.82. The van der Waals surface area contributed by atoms with Crippen molar-refractivity contribution in [1.29, 1.82) is 0 Å². The Kier molecular flexibility index (Phi) is 4.92. The highest BCUT2D eigenvalue weighted by Crippen LogP contribution is 2.39. The Hall–Kier alpha value is -1.14. The zero-order valence-corrected chi connectivity index (χ0v) is 15.6. The van der Waals surface area contributed by atoms with E-state index >= 15 is 0 Å². The molecule has 1 N–H and O–H groups in total. The number of alkyl halides is 1. The van der Waals surface area contributed by atoms with Gasteiger partial charge in [-0.15, -0.1) is 0 Å². The van der Waals surface area contributed by atoms with Gasteiger partial charge in [-0.1, -0.05) is 47.3 Å². The summed E-state index contributed by atoms with van der Waals surface area (Å²) in [4.78, 5) is 0.348. The molecule has 0 saturated heterocycles. The Morgan fingerprint density at radius 3 is 2.39 bits per heavy atom. The maximum absolute atomic E-state index is 11.6. The molecule has 0 radical (unpaired) electrons. The Labute approximate surface area is 145 Å². The fourth-order valence-corrected chi connectivity index (χ4v) is 4.47. The Morgan fingerprint density at radius 2 is 1.83 bits per heavy atom. The number of hydrogen-bond acceptors (Lipinski definition) is 3. The van der Waals surface area contributed by atoms with E-state index < -0.39 is 9.84 Å². The van der Waals surface area contributed by atoms with Crippen molar-refractivity contribution in [3.8, 4) is 11.3 Å². The molecule has 1 aliphatic rings. The standard InChI is InChI=1S/C17H21BrN2O2S/c1-23(21,22)14-9-7-13(8-10-14)17-16(15(11-18)19-20-17)12-5-3-2-4-6-12/h7-10,12H,2-6,11H2,1H3,(H,19,20). The number of aromatic amines is 1. The third-order valence-corrected chi connectivity index (χ3v) is 6.25. The summed E-state index contributed by atoms with van der Waals surface area (Å²) in [5.41, 5.74) is 4.40. The van der Waals surface area contributed by atoms with Crippen LogP contribution in [0.2, 0.25) is 0 Å². The van der Waals surface area contributed by atoms with Gasteiger partial charge in [0, 0.05) is 17.1 Å². The molecule has 1 fully saturated rings. The van der Waals surface area contributed by atoms with Crippen LogP contribution >= 0.6 is 15.9 Å². The van der Waals surface area contributed by atoms with Crippen LogP contribution in [-0.2, 0) is 15.2 Å². The summed E-state index contributed by atoms with van der Waals surface area (Å²) in [6, 6.07) is 7.08. The summed E-state index contributed by atoms with van der Waals surface area (Å²) in [6.07, 6.45) is 7.49. The maximum Gasteiger partial charge on any atom is 0.175 e. The number of nitrogens with zero attached hydrogens (tertiary/aromatic N) is 1. The Morgan fingerprint density at radius 1 is 1.17 bits per heavy atom. The molecule has 0 unspecified atom stereocenters. The average Bonchev–Trinajstić information content (AvgIpc) is 2.99. The number of H-pyrrole nitrogens is 1. The number of hydrogen-bond donors (Lipinski definition) is 1. The molecule has 1 saturated carbocycles. The quantitative estimate of drug-likeness (QED) is 0.777. The molecular formula is C17H21BrN2O2S. The number of nitrogens with one attached hydrogen (secondary N) is 1. The number of rotatable bonds is 4. The first-order chi connectivity index (χ1) is 11.0. The van der Waals surface area contributed by atoms with Gasteiger partial charge in [0.25, 0.3) is 0 Å².